The van der Waals surface area contributed by atoms with E-state index in [0.717, 1.165) is 3.97 Å². The van der Waals surface area contributed by atoms with E-state index in [1.165, 1.54) is 37.9 Å². The lowest BCUT2D eigenvalue weighted by Gasteiger charge is -2.33. The Labute approximate surface area is 231 Å². The second-order valence-electron chi connectivity index (χ2n) is 9.60. The zero-order valence-electron chi connectivity index (χ0n) is 22.2. The summed E-state index contributed by atoms with van der Waals surface area (Å²) in [6, 6.07) is 9.77. The zero-order valence-corrected chi connectivity index (χ0v) is 23.0. The number of hydrogen-bond acceptors (Lipinski definition) is 9. The Bertz CT molecular complexity index is 1620. The summed E-state index contributed by atoms with van der Waals surface area (Å²) in [5.41, 5.74) is 2.49. The largest absolute Gasteiger partial charge is 0.380 e. The molecule has 1 aliphatic rings. The number of likely N-dealkylation sites (tertiary alicyclic amines) is 1. The summed E-state index contributed by atoms with van der Waals surface area (Å²) in [7, 11) is -2.41. The Morgan fingerprint density at radius 1 is 1.15 bits per heavy atom. The van der Waals surface area contributed by atoms with Crippen LogP contribution in [0.1, 0.15) is 24.1 Å². The summed E-state index contributed by atoms with van der Waals surface area (Å²) in [6.45, 7) is 2.89. The summed E-state index contributed by atoms with van der Waals surface area (Å²) in [5, 5.41) is 10.8. The van der Waals surface area contributed by atoms with Gasteiger partial charge >= 0.3 is 0 Å². The maximum absolute atomic E-state index is 13.4. The van der Waals surface area contributed by atoms with Crippen molar-refractivity contribution < 1.29 is 27.3 Å². The molecule has 2 amide bonds. The highest BCUT2D eigenvalue weighted by Gasteiger charge is 2.26. The molecule has 5 rings (SSSR count). The lowest BCUT2D eigenvalue weighted by Crippen LogP contribution is -2.43. The summed E-state index contributed by atoms with van der Waals surface area (Å²) < 4.78 is 37.9. The van der Waals surface area contributed by atoms with Gasteiger partial charge in [-0.05, 0) is 38.0 Å². The van der Waals surface area contributed by atoms with Crippen molar-refractivity contribution in [1.82, 2.24) is 19.0 Å². The standard InChI is InChI=1S/C27H30N6O6S/c1-18-19(16-39-31-18)14-24(34)30-23-15-28-27-22(10-13-33(27)40(36,37)21-6-4-3-5-7-21)26(23)29-20-8-11-32(12-9-20)25(35)17-38-2/h3-7,10,13,15-16,20H,8-9,11-12,14,17H2,1-2H3,(H,28,29)(H,30,34). The number of carbonyl (C=O) groups is 2. The Kier molecular flexibility index (Phi) is 7.85. The van der Waals surface area contributed by atoms with Crippen LogP contribution in [0.2, 0.25) is 0 Å². The van der Waals surface area contributed by atoms with Crippen molar-refractivity contribution in [2.24, 2.45) is 0 Å². The molecule has 1 aromatic carbocycles. The number of pyridine rings is 1. The van der Waals surface area contributed by atoms with Gasteiger partial charge in [0.1, 0.15) is 12.9 Å². The predicted octanol–water partition coefficient (Wildman–Crippen LogP) is 2.80. The maximum Gasteiger partial charge on any atom is 0.269 e. The van der Waals surface area contributed by atoms with Gasteiger partial charge in [-0.15, -0.1) is 0 Å². The molecule has 0 aliphatic carbocycles. The highest BCUT2D eigenvalue weighted by atomic mass is 32.2. The van der Waals surface area contributed by atoms with Gasteiger partial charge in [0.25, 0.3) is 10.0 Å². The van der Waals surface area contributed by atoms with E-state index in [-0.39, 0.29) is 41.4 Å². The van der Waals surface area contributed by atoms with E-state index in [9.17, 15) is 18.0 Å². The average molecular weight is 567 g/mol. The minimum atomic E-state index is -3.90. The number of nitrogens with zero attached hydrogens (tertiary/aromatic N) is 4. The molecule has 1 saturated heterocycles. The third-order valence-electron chi connectivity index (χ3n) is 6.92. The molecule has 0 atom stereocenters. The first-order chi connectivity index (χ1) is 19.3. The zero-order chi connectivity index (χ0) is 28.3. The molecule has 0 bridgehead atoms. The molecule has 210 valence electrons. The van der Waals surface area contributed by atoms with E-state index >= 15 is 0 Å². The van der Waals surface area contributed by atoms with Crippen molar-refractivity contribution in [1.29, 1.82) is 0 Å². The van der Waals surface area contributed by atoms with Crippen LogP contribution < -0.4 is 10.6 Å². The van der Waals surface area contributed by atoms with Crippen LogP contribution in [0.3, 0.4) is 0 Å². The van der Waals surface area contributed by atoms with Crippen LogP contribution in [0, 0.1) is 6.92 Å². The van der Waals surface area contributed by atoms with Gasteiger partial charge in [-0.25, -0.2) is 17.4 Å². The molecule has 3 aromatic heterocycles. The number of methoxy groups -OCH3 is 1. The van der Waals surface area contributed by atoms with Gasteiger partial charge in [0.15, 0.2) is 5.65 Å². The number of piperidine rings is 1. The fourth-order valence-electron chi connectivity index (χ4n) is 4.76. The molecular formula is C27H30N6O6S. The molecule has 0 radical (unpaired) electrons. The highest BCUT2D eigenvalue weighted by Crippen LogP contribution is 2.34. The molecule has 1 aliphatic heterocycles. The van der Waals surface area contributed by atoms with Gasteiger partial charge in [-0.1, -0.05) is 23.4 Å². The average Bonchev–Trinajstić information content (AvgIpc) is 3.57. The number of hydrogen-bond donors (Lipinski definition) is 2. The molecule has 0 spiro atoms. The molecule has 40 heavy (non-hydrogen) atoms. The second-order valence-corrected chi connectivity index (χ2v) is 11.4. The third kappa shape index (κ3) is 5.56. The minimum absolute atomic E-state index is 0.0257. The van der Waals surface area contributed by atoms with Crippen molar-refractivity contribution in [2.45, 2.75) is 37.1 Å². The van der Waals surface area contributed by atoms with Crippen LogP contribution in [0.5, 0.6) is 0 Å². The van der Waals surface area contributed by atoms with Crippen LogP contribution in [-0.2, 0) is 30.8 Å². The number of carbonyl (C=O) groups excluding carboxylic acids is 2. The van der Waals surface area contributed by atoms with Gasteiger partial charge in [-0.2, -0.15) is 0 Å². The molecule has 2 N–H and O–H groups in total. The van der Waals surface area contributed by atoms with E-state index in [2.05, 4.69) is 20.8 Å². The first-order valence-electron chi connectivity index (χ1n) is 12.8. The van der Waals surface area contributed by atoms with E-state index in [4.69, 9.17) is 9.26 Å². The summed E-state index contributed by atoms with van der Waals surface area (Å²) in [4.78, 5) is 31.5. The van der Waals surface area contributed by atoms with E-state index in [1.807, 2.05) is 0 Å². The number of nitrogens with one attached hydrogen (secondary N) is 2. The summed E-state index contributed by atoms with van der Waals surface area (Å²) in [5.74, 6) is -0.362. The van der Waals surface area contributed by atoms with Crippen LogP contribution in [0.25, 0.3) is 11.0 Å². The van der Waals surface area contributed by atoms with Crippen LogP contribution in [0.15, 0.2) is 64.5 Å². The molecule has 4 aromatic rings. The second kappa shape index (κ2) is 11.5. The Morgan fingerprint density at radius 2 is 1.90 bits per heavy atom. The first kappa shape index (κ1) is 27.3. The lowest BCUT2D eigenvalue weighted by atomic mass is 10.0. The topological polar surface area (TPSA) is 149 Å². The van der Waals surface area contributed by atoms with Gasteiger partial charge in [0, 0.05) is 43.4 Å². The molecular weight excluding hydrogens is 536 g/mol. The molecule has 0 saturated carbocycles. The highest BCUT2D eigenvalue weighted by molar-refractivity contribution is 7.90. The lowest BCUT2D eigenvalue weighted by molar-refractivity contribution is -0.136. The number of amides is 2. The van der Waals surface area contributed by atoms with Gasteiger partial charge < -0.3 is 24.8 Å². The first-order valence-corrected chi connectivity index (χ1v) is 14.3. The number of fused-ring (bicyclic) bond motifs is 1. The molecule has 1 fully saturated rings. The normalized spacial score (nSPS) is 14.4. The van der Waals surface area contributed by atoms with Crippen molar-refractivity contribution in [3.05, 3.63) is 66.3 Å². The predicted molar refractivity (Wildman–Crippen MR) is 147 cm³/mol. The Balaban J connectivity index is 1.47. The SMILES string of the molecule is COCC(=O)N1CCC(Nc2c(NC(=O)Cc3conc3C)cnc3c2ccn3S(=O)(=O)c2ccccc2)CC1. The maximum atomic E-state index is 13.4. The number of rotatable bonds is 9. The fourth-order valence-corrected chi connectivity index (χ4v) is 6.08. The third-order valence-corrected chi connectivity index (χ3v) is 8.60. The number of aryl methyl sites for hydroxylation is 1. The monoisotopic (exact) mass is 566 g/mol. The van der Waals surface area contributed by atoms with E-state index in [0.29, 0.717) is 53.9 Å². The molecule has 12 nitrogen and oxygen atoms in total. The van der Waals surface area contributed by atoms with Crippen molar-refractivity contribution in [3.63, 3.8) is 0 Å². The van der Waals surface area contributed by atoms with Gasteiger partial charge in [-0.3, -0.25) is 9.59 Å². The van der Waals surface area contributed by atoms with Crippen LogP contribution in [-0.4, -0.2) is 72.1 Å². The van der Waals surface area contributed by atoms with Gasteiger partial charge in [0.05, 0.1) is 34.6 Å². The fraction of sp³-hybridized carbons (Fsp3) is 0.333. The van der Waals surface area contributed by atoms with Crippen molar-refractivity contribution >= 4 is 44.2 Å². The van der Waals surface area contributed by atoms with Crippen molar-refractivity contribution in [2.75, 3.05) is 37.4 Å². The number of anilines is 2. The van der Waals surface area contributed by atoms with E-state index < -0.39 is 10.0 Å². The van der Waals surface area contributed by atoms with Crippen molar-refractivity contribution in [3.8, 4) is 0 Å². The Morgan fingerprint density at radius 3 is 2.58 bits per heavy atom. The molecule has 4 heterocycles. The van der Waals surface area contributed by atoms with Gasteiger partial charge in [0.2, 0.25) is 11.8 Å². The molecule has 13 heteroatoms. The summed E-state index contributed by atoms with van der Waals surface area (Å²) >= 11 is 0. The number of aromatic nitrogens is 3. The minimum Gasteiger partial charge on any atom is -0.380 e. The van der Waals surface area contributed by atoms with Crippen LogP contribution >= 0.6 is 0 Å². The summed E-state index contributed by atoms with van der Waals surface area (Å²) in [6.07, 6.45) is 5.73. The Hall–Kier alpha value is -4.23. The quantitative estimate of drug-likeness (QED) is 0.312. The van der Waals surface area contributed by atoms with Crippen LogP contribution in [0.4, 0.5) is 11.4 Å². The number of ether oxygens (including phenoxy) is 1. The molecule has 0 unspecified atom stereocenters. The smallest absolute Gasteiger partial charge is 0.269 e. The number of benzene rings is 1. The van der Waals surface area contributed by atoms with E-state index in [1.54, 1.807) is 36.1 Å².